The second-order valence-corrected chi connectivity index (χ2v) is 6.88. The summed E-state index contributed by atoms with van der Waals surface area (Å²) < 4.78 is 1.82. The molecule has 146 valence electrons. The van der Waals surface area contributed by atoms with Crippen LogP contribution in [-0.4, -0.2) is 67.0 Å². The average molecular weight is 380 g/mol. The SMILES string of the molecule is CC(NC(=O)N1CCN(Cc2ncn[nH]2)CC1)c1ccccc1-n1cccn1. The smallest absolute Gasteiger partial charge is 0.317 e. The molecule has 9 nitrogen and oxygen atoms in total. The molecule has 1 aliphatic rings. The summed E-state index contributed by atoms with van der Waals surface area (Å²) in [7, 11) is 0. The summed E-state index contributed by atoms with van der Waals surface area (Å²) in [5, 5.41) is 14.2. The first kappa shape index (κ1) is 18.2. The Morgan fingerprint density at radius 2 is 2.04 bits per heavy atom. The Bertz CT molecular complexity index is 885. The Labute approximate surface area is 163 Å². The highest BCUT2D eigenvalue weighted by Gasteiger charge is 2.23. The number of hydrogen-bond acceptors (Lipinski definition) is 5. The third kappa shape index (κ3) is 4.04. The molecule has 2 N–H and O–H groups in total. The van der Waals surface area contributed by atoms with Gasteiger partial charge in [-0.1, -0.05) is 18.2 Å². The number of para-hydroxylation sites is 1. The van der Waals surface area contributed by atoms with Crippen molar-refractivity contribution >= 4 is 6.03 Å². The molecule has 1 aromatic carbocycles. The van der Waals surface area contributed by atoms with Crippen LogP contribution in [0, 0.1) is 0 Å². The van der Waals surface area contributed by atoms with E-state index in [0.717, 1.165) is 36.7 Å². The van der Waals surface area contributed by atoms with Crippen LogP contribution in [0.15, 0.2) is 49.1 Å². The van der Waals surface area contributed by atoms with Crippen molar-refractivity contribution in [1.82, 2.24) is 40.1 Å². The second kappa shape index (κ2) is 8.22. The second-order valence-electron chi connectivity index (χ2n) is 6.88. The van der Waals surface area contributed by atoms with Gasteiger partial charge in [0, 0.05) is 38.6 Å². The molecule has 0 aliphatic carbocycles. The molecule has 2 aromatic heterocycles. The van der Waals surface area contributed by atoms with Crippen LogP contribution in [0.3, 0.4) is 0 Å². The summed E-state index contributed by atoms with van der Waals surface area (Å²) >= 11 is 0. The van der Waals surface area contributed by atoms with Gasteiger partial charge < -0.3 is 10.2 Å². The molecular formula is C19H24N8O. The van der Waals surface area contributed by atoms with Crippen LogP contribution in [0.2, 0.25) is 0 Å². The lowest BCUT2D eigenvalue weighted by molar-refractivity contribution is 0.132. The van der Waals surface area contributed by atoms with E-state index in [1.54, 1.807) is 6.20 Å². The highest BCUT2D eigenvalue weighted by molar-refractivity contribution is 5.75. The Morgan fingerprint density at radius 1 is 1.21 bits per heavy atom. The first-order chi connectivity index (χ1) is 13.7. The van der Waals surface area contributed by atoms with Crippen molar-refractivity contribution in [3.8, 4) is 5.69 Å². The standard InChI is InChI=1S/C19H24N8O/c1-15(16-5-2-3-6-17(16)27-8-4-7-22-27)23-19(28)26-11-9-25(10-12-26)13-18-20-14-21-24-18/h2-8,14-15H,9-13H2,1H3,(H,23,28)(H,20,21,24). The maximum Gasteiger partial charge on any atom is 0.317 e. The number of urea groups is 1. The fraction of sp³-hybridized carbons (Fsp3) is 0.368. The molecule has 28 heavy (non-hydrogen) atoms. The molecule has 0 saturated carbocycles. The molecular weight excluding hydrogens is 356 g/mol. The first-order valence-corrected chi connectivity index (χ1v) is 9.41. The van der Waals surface area contributed by atoms with Gasteiger partial charge in [0.1, 0.15) is 12.2 Å². The Kier molecular flexibility index (Phi) is 5.34. The molecule has 3 aromatic rings. The summed E-state index contributed by atoms with van der Waals surface area (Å²) in [6.45, 7) is 5.73. The van der Waals surface area contributed by atoms with E-state index in [0.29, 0.717) is 13.1 Å². The van der Waals surface area contributed by atoms with Crippen LogP contribution in [0.5, 0.6) is 0 Å². The number of nitrogens with zero attached hydrogens (tertiary/aromatic N) is 6. The van der Waals surface area contributed by atoms with Crippen molar-refractivity contribution in [2.45, 2.75) is 19.5 Å². The summed E-state index contributed by atoms with van der Waals surface area (Å²) in [6, 6.07) is 9.71. The number of aromatic nitrogens is 5. The number of rotatable bonds is 5. The molecule has 1 aliphatic heterocycles. The van der Waals surface area contributed by atoms with Gasteiger partial charge in [-0.25, -0.2) is 14.5 Å². The minimum absolute atomic E-state index is 0.0397. The van der Waals surface area contributed by atoms with Crippen LogP contribution in [0.1, 0.15) is 24.4 Å². The molecule has 9 heteroatoms. The zero-order chi connectivity index (χ0) is 19.3. The lowest BCUT2D eigenvalue weighted by atomic mass is 10.1. The largest absolute Gasteiger partial charge is 0.331 e. The lowest BCUT2D eigenvalue weighted by Gasteiger charge is -2.35. The van der Waals surface area contributed by atoms with E-state index in [9.17, 15) is 4.79 Å². The number of carbonyl (C=O) groups is 1. The van der Waals surface area contributed by atoms with Gasteiger partial charge in [0.2, 0.25) is 0 Å². The van der Waals surface area contributed by atoms with E-state index in [-0.39, 0.29) is 12.1 Å². The molecule has 4 rings (SSSR count). The van der Waals surface area contributed by atoms with E-state index in [1.165, 1.54) is 6.33 Å². The number of benzene rings is 1. The third-order valence-corrected chi connectivity index (χ3v) is 4.99. The van der Waals surface area contributed by atoms with Crippen LogP contribution < -0.4 is 5.32 Å². The van der Waals surface area contributed by atoms with Gasteiger partial charge in [0.05, 0.1) is 18.3 Å². The van der Waals surface area contributed by atoms with Crippen molar-refractivity contribution in [3.05, 3.63) is 60.4 Å². The van der Waals surface area contributed by atoms with E-state index >= 15 is 0 Å². The van der Waals surface area contributed by atoms with Crippen molar-refractivity contribution in [2.24, 2.45) is 0 Å². The number of aromatic amines is 1. The fourth-order valence-electron chi connectivity index (χ4n) is 3.46. The number of hydrogen-bond donors (Lipinski definition) is 2. The molecule has 1 fully saturated rings. The van der Waals surface area contributed by atoms with E-state index in [4.69, 9.17) is 0 Å². The summed E-state index contributed by atoms with van der Waals surface area (Å²) in [6.07, 6.45) is 5.17. The van der Waals surface area contributed by atoms with E-state index < -0.39 is 0 Å². The number of carbonyl (C=O) groups excluding carboxylic acids is 1. The number of piperazine rings is 1. The van der Waals surface area contributed by atoms with Gasteiger partial charge >= 0.3 is 6.03 Å². The topological polar surface area (TPSA) is 95.0 Å². The van der Waals surface area contributed by atoms with Gasteiger partial charge in [-0.15, -0.1) is 0 Å². The fourth-order valence-corrected chi connectivity index (χ4v) is 3.46. The normalized spacial score (nSPS) is 16.1. The third-order valence-electron chi connectivity index (χ3n) is 4.99. The maximum atomic E-state index is 12.7. The monoisotopic (exact) mass is 380 g/mol. The number of H-pyrrole nitrogens is 1. The Morgan fingerprint density at radius 3 is 2.75 bits per heavy atom. The van der Waals surface area contributed by atoms with Crippen LogP contribution in [-0.2, 0) is 6.54 Å². The van der Waals surface area contributed by atoms with Gasteiger partial charge in [0.15, 0.2) is 0 Å². The molecule has 3 heterocycles. The van der Waals surface area contributed by atoms with Gasteiger partial charge in [-0.05, 0) is 24.6 Å². The first-order valence-electron chi connectivity index (χ1n) is 9.41. The van der Waals surface area contributed by atoms with E-state index in [2.05, 4.69) is 30.5 Å². The van der Waals surface area contributed by atoms with Crippen molar-refractivity contribution < 1.29 is 4.79 Å². The highest BCUT2D eigenvalue weighted by Crippen LogP contribution is 2.21. The summed E-state index contributed by atoms with van der Waals surface area (Å²) in [4.78, 5) is 21.0. The van der Waals surface area contributed by atoms with Crippen LogP contribution >= 0.6 is 0 Å². The van der Waals surface area contributed by atoms with Crippen LogP contribution in [0.4, 0.5) is 4.79 Å². The lowest BCUT2D eigenvalue weighted by Crippen LogP contribution is -2.51. The van der Waals surface area contributed by atoms with Crippen LogP contribution in [0.25, 0.3) is 5.69 Å². The quantitative estimate of drug-likeness (QED) is 0.701. The van der Waals surface area contributed by atoms with Crippen molar-refractivity contribution in [2.75, 3.05) is 26.2 Å². The Balaban J connectivity index is 1.34. The summed E-state index contributed by atoms with van der Waals surface area (Å²) in [5.41, 5.74) is 2.00. The zero-order valence-corrected chi connectivity index (χ0v) is 15.8. The minimum atomic E-state index is -0.125. The van der Waals surface area contributed by atoms with Crippen molar-refractivity contribution in [1.29, 1.82) is 0 Å². The number of nitrogens with one attached hydrogen (secondary N) is 2. The van der Waals surface area contributed by atoms with Gasteiger partial charge in [-0.3, -0.25) is 10.00 Å². The number of amides is 2. The average Bonchev–Trinajstić information content (AvgIpc) is 3.43. The van der Waals surface area contributed by atoms with E-state index in [1.807, 2.05) is 53.0 Å². The molecule has 1 unspecified atom stereocenters. The van der Waals surface area contributed by atoms with Crippen molar-refractivity contribution in [3.63, 3.8) is 0 Å². The Hall–Kier alpha value is -3.20. The predicted molar refractivity (Wildman–Crippen MR) is 104 cm³/mol. The molecule has 0 radical (unpaired) electrons. The van der Waals surface area contributed by atoms with Gasteiger partial charge in [0.25, 0.3) is 0 Å². The zero-order valence-electron chi connectivity index (χ0n) is 15.8. The molecule has 1 atom stereocenters. The molecule has 2 amide bonds. The maximum absolute atomic E-state index is 12.7. The minimum Gasteiger partial charge on any atom is -0.331 e. The molecule has 0 spiro atoms. The van der Waals surface area contributed by atoms with Gasteiger partial charge in [-0.2, -0.15) is 10.2 Å². The molecule has 1 saturated heterocycles. The molecule has 0 bridgehead atoms. The summed E-state index contributed by atoms with van der Waals surface area (Å²) in [5.74, 6) is 0.849. The highest BCUT2D eigenvalue weighted by atomic mass is 16.2. The predicted octanol–water partition coefficient (Wildman–Crippen LogP) is 1.58.